The summed E-state index contributed by atoms with van der Waals surface area (Å²) in [5.74, 6) is 1.19. The van der Waals surface area contributed by atoms with Crippen LogP contribution < -0.4 is 4.90 Å². The summed E-state index contributed by atoms with van der Waals surface area (Å²) in [5.41, 5.74) is 2.56. The van der Waals surface area contributed by atoms with Gasteiger partial charge in [-0.3, -0.25) is 4.90 Å². The van der Waals surface area contributed by atoms with Crippen LogP contribution in [0.3, 0.4) is 0 Å². The first-order chi connectivity index (χ1) is 8.78. The first-order valence-corrected chi connectivity index (χ1v) is 7.90. The maximum Gasteiger partial charge on any atom is 0.131 e. The number of nitrogens with zero attached hydrogens (tertiary/aromatic N) is 3. The third-order valence-corrected chi connectivity index (χ3v) is 4.80. The van der Waals surface area contributed by atoms with Gasteiger partial charge in [-0.25, -0.2) is 4.98 Å². The van der Waals surface area contributed by atoms with E-state index in [1.54, 1.807) is 0 Å². The minimum atomic E-state index is 0.760. The minimum absolute atomic E-state index is 0.760. The zero-order valence-electron chi connectivity index (χ0n) is 10.9. The molecule has 0 aliphatic carbocycles. The summed E-state index contributed by atoms with van der Waals surface area (Å²) in [4.78, 5) is 9.77. The molecule has 0 bridgehead atoms. The molecule has 1 aromatic rings. The Balaban J connectivity index is 1.78. The van der Waals surface area contributed by atoms with Crippen molar-refractivity contribution in [1.29, 1.82) is 0 Å². The highest BCUT2D eigenvalue weighted by Gasteiger charge is 2.31. The van der Waals surface area contributed by atoms with Crippen molar-refractivity contribution in [3.63, 3.8) is 0 Å². The van der Waals surface area contributed by atoms with E-state index in [0.29, 0.717) is 0 Å². The highest BCUT2D eigenvalue weighted by atomic mass is 79.9. The van der Waals surface area contributed by atoms with Gasteiger partial charge < -0.3 is 4.90 Å². The SMILES string of the molecule is Cc1cc(CBr)cnc1N1CCN2CCCC2C1. The van der Waals surface area contributed by atoms with Crippen LogP contribution in [0, 0.1) is 6.92 Å². The van der Waals surface area contributed by atoms with E-state index in [2.05, 4.69) is 43.7 Å². The smallest absolute Gasteiger partial charge is 0.131 e. The molecule has 1 unspecified atom stereocenters. The molecule has 18 heavy (non-hydrogen) atoms. The van der Waals surface area contributed by atoms with Crippen molar-refractivity contribution in [2.75, 3.05) is 31.1 Å². The van der Waals surface area contributed by atoms with Gasteiger partial charge in [0.15, 0.2) is 0 Å². The van der Waals surface area contributed by atoms with Crippen molar-refractivity contribution in [2.24, 2.45) is 0 Å². The molecule has 4 heteroatoms. The zero-order chi connectivity index (χ0) is 12.5. The largest absolute Gasteiger partial charge is 0.354 e. The van der Waals surface area contributed by atoms with Gasteiger partial charge in [0, 0.05) is 37.2 Å². The summed E-state index contributed by atoms with van der Waals surface area (Å²) in [5, 5.41) is 0.886. The second-order valence-electron chi connectivity index (χ2n) is 5.40. The fraction of sp³-hybridized carbons (Fsp3) is 0.643. The number of hydrogen-bond donors (Lipinski definition) is 0. The number of aromatic nitrogens is 1. The van der Waals surface area contributed by atoms with E-state index in [9.17, 15) is 0 Å². The average Bonchev–Trinajstić information content (AvgIpc) is 2.85. The van der Waals surface area contributed by atoms with Crippen LogP contribution in [0.15, 0.2) is 12.3 Å². The van der Waals surface area contributed by atoms with Crippen molar-refractivity contribution in [3.8, 4) is 0 Å². The molecule has 0 radical (unpaired) electrons. The van der Waals surface area contributed by atoms with Gasteiger partial charge in [0.25, 0.3) is 0 Å². The van der Waals surface area contributed by atoms with Gasteiger partial charge in [0.1, 0.15) is 5.82 Å². The summed E-state index contributed by atoms with van der Waals surface area (Å²) in [7, 11) is 0. The fourth-order valence-corrected chi connectivity index (χ4v) is 3.52. The van der Waals surface area contributed by atoms with E-state index < -0.39 is 0 Å². The molecule has 0 N–H and O–H groups in total. The third kappa shape index (κ3) is 2.28. The maximum absolute atomic E-state index is 4.66. The molecule has 2 fully saturated rings. The minimum Gasteiger partial charge on any atom is -0.354 e. The van der Waals surface area contributed by atoms with Gasteiger partial charge in [-0.1, -0.05) is 22.0 Å². The number of aryl methyl sites for hydroxylation is 1. The van der Waals surface area contributed by atoms with Gasteiger partial charge in [-0.2, -0.15) is 0 Å². The molecular formula is C14H20BrN3. The van der Waals surface area contributed by atoms with Crippen LogP contribution in [-0.4, -0.2) is 42.1 Å². The summed E-state index contributed by atoms with van der Waals surface area (Å²) in [6.45, 7) is 6.95. The van der Waals surface area contributed by atoms with Crippen molar-refractivity contribution < 1.29 is 0 Å². The second kappa shape index (κ2) is 5.17. The third-order valence-electron chi connectivity index (χ3n) is 4.15. The second-order valence-corrected chi connectivity index (χ2v) is 5.96. The van der Waals surface area contributed by atoms with Gasteiger partial charge >= 0.3 is 0 Å². The Morgan fingerprint density at radius 3 is 3.06 bits per heavy atom. The number of alkyl halides is 1. The number of anilines is 1. The molecule has 0 amide bonds. The van der Waals surface area contributed by atoms with Gasteiger partial charge in [0.2, 0.25) is 0 Å². The lowest BCUT2D eigenvalue weighted by Crippen LogP contribution is -2.50. The van der Waals surface area contributed by atoms with Crippen LogP contribution in [0.1, 0.15) is 24.0 Å². The van der Waals surface area contributed by atoms with Crippen molar-refractivity contribution in [2.45, 2.75) is 31.1 Å². The Morgan fingerprint density at radius 1 is 1.39 bits per heavy atom. The van der Waals surface area contributed by atoms with E-state index >= 15 is 0 Å². The van der Waals surface area contributed by atoms with E-state index in [-0.39, 0.29) is 0 Å². The van der Waals surface area contributed by atoms with Crippen molar-refractivity contribution in [3.05, 3.63) is 23.4 Å². The molecular weight excluding hydrogens is 290 g/mol. The van der Waals surface area contributed by atoms with E-state index in [1.807, 2.05) is 6.20 Å². The maximum atomic E-state index is 4.66. The number of piperazine rings is 1. The van der Waals surface area contributed by atoms with E-state index in [1.165, 1.54) is 42.9 Å². The molecule has 0 spiro atoms. The normalized spacial score (nSPS) is 24.3. The predicted molar refractivity (Wildman–Crippen MR) is 78.4 cm³/mol. The van der Waals surface area contributed by atoms with Crippen molar-refractivity contribution >= 4 is 21.7 Å². The number of halogens is 1. The summed E-state index contributed by atoms with van der Waals surface area (Å²) in [6.07, 6.45) is 4.72. The van der Waals surface area contributed by atoms with Crippen molar-refractivity contribution in [1.82, 2.24) is 9.88 Å². The van der Waals surface area contributed by atoms with Crippen LogP contribution in [0.25, 0.3) is 0 Å². The van der Waals surface area contributed by atoms with E-state index in [0.717, 1.165) is 24.5 Å². The Morgan fingerprint density at radius 2 is 2.28 bits per heavy atom. The summed E-state index contributed by atoms with van der Waals surface area (Å²) in [6, 6.07) is 3.01. The molecule has 1 atom stereocenters. The van der Waals surface area contributed by atoms with Crippen LogP contribution in [0.5, 0.6) is 0 Å². The zero-order valence-corrected chi connectivity index (χ0v) is 12.5. The standard InChI is InChI=1S/C14H20BrN3/c1-11-7-12(8-15)9-16-14(11)18-6-5-17-4-2-3-13(17)10-18/h7,9,13H,2-6,8,10H2,1H3. The Hall–Kier alpha value is -0.610. The monoisotopic (exact) mass is 309 g/mol. The first-order valence-electron chi connectivity index (χ1n) is 6.78. The fourth-order valence-electron chi connectivity index (χ4n) is 3.21. The van der Waals surface area contributed by atoms with Crippen LogP contribution in [0.4, 0.5) is 5.82 Å². The molecule has 2 aliphatic heterocycles. The van der Waals surface area contributed by atoms with Crippen LogP contribution in [-0.2, 0) is 5.33 Å². The highest BCUT2D eigenvalue weighted by molar-refractivity contribution is 9.08. The number of pyridine rings is 1. The molecule has 1 aromatic heterocycles. The Labute approximate surface area is 117 Å². The van der Waals surface area contributed by atoms with Crippen LogP contribution in [0.2, 0.25) is 0 Å². The van der Waals surface area contributed by atoms with Gasteiger partial charge in [-0.05, 0) is 37.4 Å². The molecule has 98 valence electrons. The van der Waals surface area contributed by atoms with Crippen LogP contribution >= 0.6 is 15.9 Å². The molecule has 0 aromatic carbocycles. The van der Waals surface area contributed by atoms with Gasteiger partial charge in [0.05, 0.1) is 0 Å². The quantitative estimate of drug-likeness (QED) is 0.783. The van der Waals surface area contributed by atoms with E-state index in [4.69, 9.17) is 0 Å². The van der Waals surface area contributed by atoms with Gasteiger partial charge in [-0.15, -0.1) is 0 Å². The lowest BCUT2D eigenvalue weighted by atomic mass is 10.1. The Kier molecular flexibility index (Phi) is 3.57. The number of hydrogen-bond acceptors (Lipinski definition) is 3. The molecule has 2 saturated heterocycles. The summed E-state index contributed by atoms with van der Waals surface area (Å²) < 4.78 is 0. The molecule has 3 heterocycles. The average molecular weight is 310 g/mol. The number of rotatable bonds is 2. The Bertz CT molecular complexity index is 435. The molecule has 0 saturated carbocycles. The topological polar surface area (TPSA) is 19.4 Å². The molecule has 3 nitrogen and oxygen atoms in total. The molecule has 3 rings (SSSR count). The lowest BCUT2D eigenvalue weighted by molar-refractivity contribution is 0.230. The number of fused-ring (bicyclic) bond motifs is 1. The highest BCUT2D eigenvalue weighted by Crippen LogP contribution is 2.26. The molecule has 2 aliphatic rings. The predicted octanol–water partition coefficient (Wildman–Crippen LogP) is 2.57. The first kappa shape index (κ1) is 12.4. The lowest BCUT2D eigenvalue weighted by Gasteiger charge is -2.38. The summed E-state index contributed by atoms with van der Waals surface area (Å²) >= 11 is 3.49.